The van der Waals surface area contributed by atoms with Gasteiger partial charge in [0.2, 0.25) is 0 Å². The summed E-state index contributed by atoms with van der Waals surface area (Å²) in [4.78, 5) is 26.6. The predicted molar refractivity (Wildman–Crippen MR) is 161 cm³/mol. The fraction of sp³-hybridized carbons (Fsp3) is 0.500. The average molecular weight is 571 g/mol. The SMILES string of the molecule is CC1([C@H]2CCc3nc4sc(C(=O)NC(CCN5CCC(O)CC5)c5ccc(-c6cn[nH]c6)cc5)nc4cc3C2)CC1. The molecular weight excluding hydrogens is 532 g/mol. The number of rotatable bonds is 8. The molecule has 0 spiro atoms. The van der Waals surface area contributed by atoms with Gasteiger partial charge < -0.3 is 15.3 Å². The first-order valence-electron chi connectivity index (χ1n) is 15.0. The van der Waals surface area contributed by atoms with Gasteiger partial charge in [-0.2, -0.15) is 5.10 Å². The van der Waals surface area contributed by atoms with Gasteiger partial charge in [0.15, 0.2) is 5.01 Å². The Morgan fingerprint density at radius 2 is 1.98 bits per heavy atom. The zero-order valence-corrected chi connectivity index (χ0v) is 24.4. The van der Waals surface area contributed by atoms with Crippen LogP contribution in [0.2, 0.25) is 0 Å². The molecule has 1 unspecified atom stereocenters. The van der Waals surface area contributed by atoms with Gasteiger partial charge in [0.25, 0.3) is 5.91 Å². The number of likely N-dealkylation sites (tertiary alicyclic amines) is 1. The number of piperidine rings is 1. The molecule has 3 N–H and O–H groups in total. The van der Waals surface area contributed by atoms with E-state index in [9.17, 15) is 9.90 Å². The number of nitrogens with one attached hydrogen (secondary N) is 2. The second-order valence-electron chi connectivity index (χ2n) is 12.5. The third kappa shape index (κ3) is 5.67. The number of amides is 1. The summed E-state index contributed by atoms with van der Waals surface area (Å²) in [5.41, 5.74) is 7.05. The summed E-state index contributed by atoms with van der Waals surface area (Å²) in [6.45, 7) is 5.05. The zero-order valence-electron chi connectivity index (χ0n) is 23.6. The van der Waals surface area contributed by atoms with Crippen LogP contribution in [-0.2, 0) is 12.8 Å². The highest BCUT2D eigenvalue weighted by Gasteiger charge is 2.45. The molecule has 214 valence electrons. The second kappa shape index (κ2) is 10.9. The van der Waals surface area contributed by atoms with E-state index in [2.05, 4.69) is 57.7 Å². The molecule has 7 rings (SSSR count). The first-order valence-corrected chi connectivity index (χ1v) is 15.8. The third-order valence-corrected chi connectivity index (χ3v) is 10.7. The molecule has 41 heavy (non-hydrogen) atoms. The summed E-state index contributed by atoms with van der Waals surface area (Å²) < 4.78 is 0. The highest BCUT2D eigenvalue weighted by molar-refractivity contribution is 7.19. The number of H-pyrrole nitrogens is 1. The number of benzene rings is 1. The Bertz CT molecular complexity index is 1520. The molecule has 3 aromatic heterocycles. The lowest BCUT2D eigenvalue weighted by Gasteiger charge is -2.31. The summed E-state index contributed by atoms with van der Waals surface area (Å²) in [5.74, 6) is 0.590. The highest BCUT2D eigenvalue weighted by atomic mass is 32.1. The summed E-state index contributed by atoms with van der Waals surface area (Å²) in [6.07, 6.45) is 11.9. The average Bonchev–Trinajstić information content (AvgIpc) is 3.36. The lowest BCUT2D eigenvalue weighted by molar-refractivity contribution is 0.0795. The van der Waals surface area contributed by atoms with Gasteiger partial charge in [0, 0.05) is 37.1 Å². The Labute approximate surface area is 244 Å². The maximum absolute atomic E-state index is 13.6. The molecule has 1 saturated heterocycles. The monoisotopic (exact) mass is 570 g/mol. The van der Waals surface area contributed by atoms with Crippen molar-refractivity contribution in [1.29, 1.82) is 0 Å². The second-order valence-corrected chi connectivity index (χ2v) is 13.5. The Hall–Kier alpha value is -3.14. The van der Waals surface area contributed by atoms with Crippen LogP contribution in [0.5, 0.6) is 0 Å². The molecule has 1 amide bonds. The minimum Gasteiger partial charge on any atom is -0.393 e. The predicted octanol–water partition coefficient (Wildman–Crippen LogP) is 5.30. The maximum atomic E-state index is 13.6. The quantitative estimate of drug-likeness (QED) is 0.265. The lowest BCUT2D eigenvalue weighted by atomic mass is 9.77. The normalized spacial score (nSPS) is 21.5. The van der Waals surface area contributed by atoms with E-state index in [0.717, 1.165) is 84.7 Å². The summed E-state index contributed by atoms with van der Waals surface area (Å²) in [6, 6.07) is 10.4. The van der Waals surface area contributed by atoms with Crippen molar-refractivity contribution < 1.29 is 9.90 Å². The number of carbonyl (C=O) groups excluding carboxylic acids is 1. The summed E-state index contributed by atoms with van der Waals surface area (Å²) in [7, 11) is 0. The minimum absolute atomic E-state index is 0.146. The first kappa shape index (κ1) is 26.7. The number of aliphatic hydroxyl groups is 1. The van der Waals surface area contributed by atoms with Crippen LogP contribution in [0.1, 0.15) is 78.1 Å². The number of fused-ring (bicyclic) bond motifs is 2. The van der Waals surface area contributed by atoms with E-state index < -0.39 is 0 Å². The van der Waals surface area contributed by atoms with Gasteiger partial charge in [-0.3, -0.25) is 9.89 Å². The van der Waals surface area contributed by atoms with Crippen molar-refractivity contribution in [1.82, 2.24) is 30.4 Å². The van der Waals surface area contributed by atoms with Gasteiger partial charge in [-0.15, -0.1) is 0 Å². The van der Waals surface area contributed by atoms with Crippen LogP contribution in [0, 0.1) is 11.3 Å². The fourth-order valence-electron chi connectivity index (χ4n) is 6.62. The van der Waals surface area contributed by atoms with Crippen molar-refractivity contribution in [3.63, 3.8) is 0 Å². The molecular formula is C32H38N6O2S. The van der Waals surface area contributed by atoms with Crippen LogP contribution in [0.15, 0.2) is 42.7 Å². The Kier molecular flexibility index (Phi) is 7.13. The maximum Gasteiger partial charge on any atom is 0.280 e. The zero-order chi connectivity index (χ0) is 28.0. The van der Waals surface area contributed by atoms with Gasteiger partial charge in [0.05, 0.1) is 18.3 Å². The van der Waals surface area contributed by atoms with Crippen LogP contribution in [0.4, 0.5) is 0 Å². The van der Waals surface area contributed by atoms with Gasteiger partial charge in [-0.05, 0) is 85.5 Å². The number of nitrogens with zero attached hydrogens (tertiary/aromatic N) is 4. The fourth-order valence-corrected chi connectivity index (χ4v) is 7.47. The number of aryl methyl sites for hydroxylation is 1. The molecule has 4 heterocycles. The standard InChI is InChI=1S/C32H38N6O2S/c1-32(11-12-32)24-6-7-26-22(16-24)17-28-30(36-26)41-31(37-28)29(40)35-27(10-15-38-13-8-25(39)9-14-38)21-4-2-20(3-5-21)23-18-33-34-19-23/h2-5,17-19,24-25,27,39H,6-16H2,1H3,(H,33,34)(H,35,40)/t24-,27?/m0/s1. The smallest absolute Gasteiger partial charge is 0.280 e. The third-order valence-electron chi connectivity index (χ3n) is 9.71. The number of hydrogen-bond acceptors (Lipinski definition) is 7. The van der Waals surface area contributed by atoms with E-state index in [1.807, 2.05) is 12.4 Å². The molecule has 1 saturated carbocycles. The number of carbonyl (C=O) groups is 1. The molecule has 3 aliphatic rings. The summed E-state index contributed by atoms with van der Waals surface area (Å²) in [5, 5.41) is 20.6. The van der Waals surface area contributed by atoms with Crippen molar-refractivity contribution >= 4 is 27.6 Å². The van der Waals surface area contributed by atoms with E-state index in [1.54, 1.807) is 0 Å². The molecule has 2 atom stereocenters. The topological polar surface area (TPSA) is 107 Å². The Morgan fingerprint density at radius 3 is 2.71 bits per heavy atom. The number of aromatic amines is 1. The van der Waals surface area contributed by atoms with Gasteiger partial charge in [-0.1, -0.05) is 42.5 Å². The molecule has 2 aliphatic carbocycles. The molecule has 0 bridgehead atoms. The van der Waals surface area contributed by atoms with Crippen molar-refractivity contribution in [2.45, 2.75) is 70.4 Å². The van der Waals surface area contributed by atoms with E-state index in [1.165, 1.54) is 41.9 Å². The largest absolute Gasteiger partial charge is 0.393 e. The van der Waals surface area contributed by atoms with Crippen LogP contribution in [-0.4, -0.2) is 61.8 Å². The molecule has 4 aromatic rings. The van der Waals surface area contributed by atoms with Crippen molar-refractivity contribution in [3.8, 4) is 11.1 Å². The Morgan fingerprint density at radius 1 is 1.17 bits per heavy atom. The van der Waals surface area contributed by atoms with E-state index in [4.69, 9.17) is 9.97 Å². The van der Waals surface area contributed by atoms with E-state index in [0.29, 0.717) is 10.4 Å². The molecule has 1 aliphatic heterocycles. The minimum atomic E-state index is -0.196. The molecule has 0 radical (unpaired) electrons. The van der Waals surface area contributed by atoms with Crippen LogP contribution in [0.3, 0.4) is 0 Å². The number of pyridine rings is 1. The van der Waals surface area contributed by atoms with Crippen molar-refractivity contribution in [2.75, 3.05) is 19.6 Å². The van der Waals surface area contributed by atoms with Crippen LogP contribution < -0.4 is 5.32 Å². The van der Waals surface area contributed by atoms with Crippen LogP contribution in [0.25, 0.3) is 21.5 Å². The number of thiazole rings is 1. The number of aromatic nitrogens is 4. The summed E-state index contributed by atoms with van der Waals surface area (Å²) >= 11 is 1.40. The van der Waals surface area contributed by atoms with Crippen molar-refractivity contribution in [2.24, 2.45) is 11.3 Å². The van der Waals surface area contributed by atoms with E-state index >= 15 is 0 Å². The van der Waals surface area contributed by atoms with Gasteiger partial charge >= 0.3 is 0 Å². The lowest BCUT2D eigenvalue weighted by Crippen LogP contribution is -2.38. The number of aliphatic hydroxyl groups excluding tert-OH is 1. The highest BCUT2D eigenvalue weighted by Crippen LogP contribution is 2.55. The first-order chi connectivity index (χ1) is 19.9. The van der Waals surface area contributed by atoms with Gasteiger partial charge in [-0.25, -0.2) is 9.97 Å². The van der Waals surface area contributed by atoms with Gasteiger partial charge in [0.1, 0.15) is 10.3 Å². The number of hydrogen-bond donors (Lipinski definition) is 3. The molecule has 8 nitrogen and oxygen atoms in total. The Balaban J connectivity index is 1.10. The van der Waals surface area contributed by atoms with Crippen LogP contribution >= 0.6 is 11.3 Å². The van der Waals surface area contributed by atoms with E-state index in [-0.39, 0.29) is 18.1 Å². The van der Waals surface area contributed by atoms with Crippen molar-refractivity contribution in [3.05, 3.63) is 64.6 Å². The molecule has 1 aromatic carbocycles. The molecule has 2 fully saturated rings. The molecule has 9 heteroatoms.